The first-order chi connectivity index (χ1) is 12.5. The summed E-state index contributed by atoms with van der Waals surface area (Å²) in [5.41, 5.74) is -0.530. The molecular weight excluding hydrogens is 405 g/mol. The Labute approximate surface area is 154 Å². The van der Waals surface area contributed by atoms with Crippen LogP contribution in [0.1, 0.15) is 12.0 Å². The van der Waals surface area contributed by atoms with Crippen LogP contribution < -0.4 is 9.03 Å². The molecule has 0 unspecified atom stereocenters. The molecule has 146 valence electrons. The van der Waals surface area contributed by atoms with E-state index >= 15 is 0 Å². The Bertz CT molecular complexity index is 1050. The van der Waals surface area contributed by atoms with Crippen LogP contribution >= 0.6 is 0 Å². The van der Waals surface area contributed by atoms with E-state index in [-0.39, 0.29) is 16.3 Å². The number of hydrogen-bond acceptors (Lipinski definition) is 4. The van der Waals surface area contributed by atoms with Gasteiger partial charge in [0.1, 0.15) is 0 Å². The number of alkyl halides is 3. The van der Waals surface area contributed by atoms with Crippen molar-refractivity contribution in [2.24, 2.45) is 0 Å². The maximum atomic E-state index is 12.6. The van der Waals surface area contributed by atoms with E-state index in [2.05, 4.69) is 4.72 Å². The van der Waals surface area contributed by atoms with E-state index in [1.165, 1.54) is 22.5 Å². The molecule has 2 aromatic carbocycles. The number of benzene rings is 2. The standard InChI is InChI=1S/C16H15F3N2O4S2/c17-16(18,19)12-5-7-15(8-6-12)27(24,25)20-13-3-1-4-14(11-13)21-9-2-10-26(21,22)23/h1,3-8,11,20H,2,9-10H2. The SMILES string of the molecule is O=S(=O)(Nc1cccc(N2CCCS2(=O)=O)c1)c1ccc(C(F)(F)F)cc1. The Morgan fingerprint density at radius 2 is 1.70 bits per heavy atom. The highest BCUT2D eigenvalue weighted by Gasteiger charge is 2.31. The second-order valence-corrected chi connectivity index (χ2v) is 9.61. The van der Waals surface area contributed by atoms with Crippen molar-refractivity contribution >= 4 is 31.4 Å². The van der Waals surface area contributed by atoms with Crippen LogP contribution in [0.4, 0.5) is 24.5 Å². The van der Waals surface area contributed by atoms with E-state index in [1.54, 1.807) is 6.07 Å². The van der Waals surface area contributed by atoms with Crippen molar-refractivity contribution in [3.8, 4) is 0 Å². The molecule has 0 saturated carbocycles. The zero-order valence-electron chi connectivity index (χ0n) is 13.8. The van der Waals surface area contributed by atoms with Crippen LogP contribution in [0.2, 0.25) is 0 Å². The highest BCUT2D eigenvalue weighted by Crippen LogP contribution is 2.31. The summed E-state index contributed by atoms with van der Waals surface area (Å²) >= 11 is 0. The smallest absolute Gasteiger partial charge is 0.280 e. The third-order valence-corrected chi connectivity index (χ3v) is 7.24. The quantitative estimate of drug-likeness (QED) is 0.824. The third kappa shape index (κ3) is 4.19. The Balaban J connectivity index is 1.85. The fraction of sp³-hybridized carbons (Fsp3) is 0.250. The van der Waals surface area contributed by atoms with Crippen LogP contribution in [0, 0.1) is 0 Å². The largest absolute Gasteiger partial charge is 0.416 e. The minimum atomic E-state index is -4.56. The third-order valence-electron chi connectivity index (χ3n) is 3.98. The molecular formula is C16H15F3N2O4S2. The van der Waals surface area contributed by atoms with Crippen LogP contribution in [0.15, 0.2) is 53.4 Å². The lowest BCUT2D eigenvalue weighted by atomic mass is 10.2. The summed E-state index contributed by atoms with van der Waals surface area (Å²) in [6.07, 6.45) is -4.09. The topological polar surface area (TPSA) is 83.6 Å². The molecule has 1 saturated heterocycles. The Morgan fingerprint density at radius 3 is 2.26 bits per heavy atom. The molecule has 0 bridgehead atoms. The molecule has 3 rings (SSSR count). The molecule has 1 aliphatic rings. The van der Waals surface area contributed by atoms with Crippen LogP contribution in [0.25, 0.3) is 0 Å². The van der Waals surface area contributed by atoms with E-state index in [9.17, 15) is 30.0 Å². The predicted molar refractivity (Wildman–Crippen MR) is 94.4 cm³/mol. The van der Waals surface area contributed by atoms with Crippen LogP contribution in [0.3, 0.4) is 0 Å². The lowest BCUT2D eigenvalue weighted by molar-refractivity contribution is -0.137. The molecule has 2 aromatic rings. The number of hydrogen-bond donors (Lipinski definition) is 1. The summed E-state index contributed by atoms with van der Waals surface area (Å²) in [6.45, 7) is 0.303. The molecule has 11 heteroatoms. The van der Waals surface area contributed by atoms with Gasteiger partial charge in [-0.05, 0) is 48.9 Å². The van der Waals surface area contributed by atoms with Gasteiger partial charge in [-0.1, -0.05) is 6.07 Å². The summed E-state index contributed by atoms with van der Waals surface area (Å²) in [5.74, 6) is 0.0223. The van der Waals surface area contributed by atoms with Crippen molar-refractivity contribution in [1.29, 1.82) is 0 Å². The van der Waals surface area contributed by atoms with Gasteiger partial charge in [0.05, 0.1) is 27.6 Å². The molecule has 27 heavy (non-hydrogen) atoms. The van der Waals surface area contributed by atoms with Crippen LogP contribution in [-0.4, -0.2) is 29.1 Å². The number of sulfonamides is 2. The van der Waals surface area contributed by atoms with Gasteiger partial charge in [0.25, 0.3) is 10.0 Å². The van der Waals surface area contributed by atoms with Crippen molar-refractivity contribution in [3.63, 3.8) is 0 Å². The van der Waals surface area contributed by atoms with Gasteiger partial charge in [0.2, 0.25) is 10.0 Å². The first kappa shape index (κ1) is 19.5. The van der Waals surface area contributed by atoms with Gasteiger partial charge in [0.15, 0.2) is 0 Å². The molecule has 0 radical (unpaired) electrons. The normalized spacial score (nSPS) is 17.1. The van der Waals surface area contributed by atoms with Gasteiger partial charge in [-0.25, -0.2) is 16.8 Å². The van der Waals surface area contributed by atoms with E-state index in [0.29, 0.717) is 30.8 Å². The molecule has 0 aliphatic carbocycles. The monoisotopic (exact) mass is 420 g/mol. The first-order valence-corrected chi connectivity index (χ1v) is 10.9. The highest BCUT2D eigenvalue weighted by atomic mass is 32.2. The zero-order valence-corrected chi connectivity index (χ0v) is 15.4. The fourth-order valence-electron chi connectivity index (χ4n) is 2.69. The first-order valence-electron chi connectivity index (χ1n) is 7.80. The number of anilines is 2. The second-order valence-electron chi connectivity index (χ2n) is 5.92. The van der Waals surface area contributed by atoms with Crippen molar-refractivity contribution in [2.75, 3.05) is 21.3 Å². The zero-order chi connectivity index (χ0) is 19.9. The van der Waals surface area contributed by atoms with E-state index in [0.717, 1.165) is 12.1 Å². The molecule has 1 heterocycles. The average Bonchev–Trinajstić information content (AvgIpc) is 2.93. The molecule has 1 N–H and O–H groups in total. The van der Waals surface area contributed by atoms with Gasteiger partial charge in [-0.15, -0.1) is 0 Å². The summed E-state index contributed by atoms with van der Waals surface area (Å²) in [5, 5.41) is 0. The second kappa shape index (κ2) is 6.71. The number of nitrogens with one attached hydrogen (secondary N) is 1. The van der Waals surface area contributed by atoms with Gasteiger partial charge in [-0.3, -0.25) is 9.03 Å². The molecule has 0 aromatic heterocycles. The van der Waals surface area contributed by atoms with Gasteiger partial charge < -0.3 is 0 Å². The summed E-state index contributed by atoms with van der Waals surface area (Å²) < 4.78 is 90.0. The predicted octanol–water partition coefficient (Wildman–Crippen LogP) is 3.05. The fourth-order valence-corrected chi connectivity index (χ4v) is 5.30. The highest BCUT2D eigenvalue weighted by molar-refractivity contribution is 7.93. The minimum Gasteiger partial charge on any atom is -0.280 e. The maximum Gasteiger partial charge on any atom is 0.416 e. The molecule has 0 atom stereocenters. The minimum absolute atomic E-state index is 0.0223. The van der Waals surface area contributed by atoms with Crippen LogP contribution in [-0.2, 0) is 26.2 Å². The molecule has 0 amide bonds. The summed E-state index contributed by atoms with van der Waals surface area (Å²) in [7, 11) is -7.55. The molecule has 6 nitrogen and oxygen atoms in total. The Morgan fingerprint density at radius 1 is 1.04 bits per heavy atom. The van der Waals surface area contributed by atoms with E-state index in [4.69, 9.17) is 0 Å². The van der Waals surface area contributed by atoms with E-state index < -0.39 is 31.8 Å². The summed E-state index contributed by atoms with van der Waals surface area (Å²) in [4.78, 5) is -0.338. The van der Waals surface area contributed by atoms with Crippen molar-refractivity contribution in [3.05, 3.63) is 54.1 Å². The van der Waals surface area contributed by atoms with E-state index in [1.807, 2.05) is 0 Å². The molecule has 1 fully saturated rings. The summed E-state index contributed by atoms with van der Waals surface area (Å²) in [6, 6.07) is 8.91. The van der Waals surface area contributed by atoms with Crippen molar-refractivity contribution in [2.45, 2.75) is 17.5 Å². The van der Waals surface area contributed by atoms with Gasteiger partial charge in [0, 0.05) is 6.54 Å². The van der Waals surface area contributed by atoms with Crippen molar-refractivity contribution in [1.82, 2.24) is 0 Å². The number of rotatable bonds is 4. The Hall–Kier alpha value is -2.27. The van der Waals surface area contributed by atoms with Gasteiger partial charge >= 0.3 is 6.18 Å². The van der Waals surface area contributed by atoms with Crippen molar-refractivity contribution < 1.29 is 30.0 Å². The number of halogens is 3. The maximum absolute atomic E-state index is 12.6. The van der Waals surface area contributed by atoms with Crippen LogP contribution in [0.5, 0.6) is 0 Å². The number of nitrogens with zero attached hydrogens (tertiary/aromatic N) is 1. The van der Waals surface area contributed by atoms with Gasteiger partial charge in [-0.2, -0.15) is 13.2 Å². The molecule has 1 aliphatic heterocycles. The molecule has 0 spiro atoms. The lowest BCUT2D eigenvalue weighted by Crippen LogP contribution is -2.25. The Kier molecular flexibility index (Phi) is 4.85. The average molecular weight is 420 g/mol. The lowest BCUT2D eigenvalue weighted by Gasteiger charge is -2.18.